The lowest BCUT2D eigenvalue weighted by Crippen LogP contribution is -2.25. The molecule has 1 aromatic carbocycles. The smallest absolute Gasteiger partial charge is 0.264 e. The lowest BCUT2D eigenvalue weighted by Gasteiger charge is -2.16. The molecule has 0 spiro atoms. The van der Waals surface area contributed by atoms with Gasteiger partial charge in [0.15, 0.2) is 0 Å². The summed E-state index contributed by atoms with van der Waals surface area (Å²) >= 11 is 1.59. The van der Waals surface area contributed by atoms with E-state index in [4.69, 9.17) is 5.73 Å². The maximum absolute atomic E-state index is 12.9. The highest BCUT2D eigenvalue weighted by atomic mass is 32.1. The third-order valence-corrected chi connectivity index (χ3v) is 4.49. The van der Waals surface area contributed by atoms with E-state index in [0.717, 1.165) is 27.0 Å². The fourth-order valence-electron chi connectivity index (χ4n) is 2.45. The number of pyridine rings is 1. The third kappa shape index (κ3) is 1.97. The maximum atomic E-state index is 12.9. The van der Waals surface area contributed by atoms with E-state index < -0.39 is 0 Å². The second-order valence-electron chi connectivity index (χ2n) is 4.99. The van der Waals surface area contributed by atoms with Crippen LogP contribution in [0, 0.1) is 6.92 Å². The molecule has 102 valence electrons. The van der Waals surface area contributed by atoms with Crippen molar-refractivity contribution in [1.82, 2.24) is 4.57 Å². The van der Waals surface area contributed by atoms with E-state index in [-0.39, 0.29) is 11.6 Å². The van der Waals surface area contributed by atoms with Crippen molar-refractivity contribution in [3.05, 3.63) is 63.4 Å². The highest BCUT2D eigenvalue weighted by Gasteiger charge is 2.15. The van der Waals surface area contributed by atoms with E-state index in [1.54, 1.807) is 15.9 Å². The highest BCUT2D eigenvalue weighted by molar-refractivity contribution is 7.17. The molecule has 3 nitrogen and oxygen atoms in total. The zero-order valence-electron chi connectivity index (χ0n) is 11.5. The third-order valence-electron chi connectivity index (χ3n) is 3.44. The molecule has 20 heavy (non-hydrogen) atoms. The summed E-state index contributed by atoms with van der Waals surface area (Å²) in [5.41, 5.74) is 8.80. The Morgan fingerprint density at radius 1 is 1.25 bits per heavy atom. The van der Waals surface area contributed by atoms with Crippen molar-refractivity contribution in [1.29, 1.82) is 0 Å². The Morgan fingerprint density at radius 3 is 2.60 bits per heavy atom. The minimum absolute atomic E-state index is 0.0137. The predicted octanol–water partition coefficient (Wildman–Crippen LogP) is 3.38. The molecular formula is C16H16N2OS. The lowest BCUT2D eigenvalue weighted by atomic mass is 10.1. The molecule has 3 rings (SSSR count). The normalized spacial score (nSPS) is 12.8. The van der Waals surface area contributed by atoms with Crippen molar-refractivity contribution in [2.24, 2.45) is 5.73 Å². The average molecular weight is 284 g/mol. The summed E-state index contributed by atoms with van der Waals surface area (Å²) in [6.07, 6.45) is 0. The standard InChI is InChI=1S/C16H16N2OS/c1-10-9-20-14-8-13(11(2)17)18(16(19)15(10)14)12-6-4-3-5-7-12/h3-9,11H,17H2,1-2H3/t11-/m0/s1. The molecule has 1 atom stereocenters. The molecule has 0 amide bonds. The van der Waals surface area contributed by atoms with Gasteiger partial charge in [-0.25, -0.2) is 0 Å². The average Bonchev–Trinajstić information content (AvgIpc) is 2.81. The van der Waals surface area contributed by atoms with Gasteiger partial charge in [0.05, 0.1) is 5.39 Å². The molecule has 2 aromatic heterocycles. The fraction of sp³-hybridized carbons (Fsp3) is 0.188. The van der Waals surface area contributed by atoms with E-state index in [1.165, 1.54) is 0 Å². The number of nitrogens with zero attached hydrogens (tertiary/aromatic N) is 1. The van der Waals surface area contributed by atoms with Crippen LogP contribution in [0.25, 0.3) is 15.8 Å². The van der Waals surface area contributed by atoms with Gasteiger partial charge >= 0.3 is 0 Å². The van der Waals surface area contributed by atoms with Crippen LogP contribution in [0.5, 0.6) is 0 Å². The van der Waals surface area contributed by atoms with Crippen molar-refractivity contribution in [3.8, 4) is 5.69 Å². The number of para-hydroxylation sites is 1. The summed E-state index contributed by atoms with van der Waals surface area (Å²) < 4.78 is 2.74. The lowest BCUT2D eigenvalue weighted by molar-refractivity contribution is 0.735. The molecule has 0 saturated carbocycles. The minimum Gasteiger partial charge on any atom is -0.323 e. The van der Waals surface area contributed by atoms with Crippen molar-refractivity contribution >= 4 is 21.4 Å². The van der Waals surface area contributed by atoms with Gasteiger partial charge in [-0.15, -0.1) is 11.3 Å². The number of thiophene rings is 1. The van der Waals surface area contributed by atoms with Crippen LogP contribution in [-0.2, 0) is 0 Å². The quantitative estimate of drug-likeness (QED) is 0.784. The molecule has 2 N–H and O–H groups in total. The van der Waals surface area contributed by atoms with Crippen molar-refractivity contribution in [2.45, 2.75) is 19.9 Å². The van der Waals surface area contributed by atoms with E-state index in [0.29, 0.717) is 0 Å². The van der Waals surface area contributed by atoms with E-state index in [1.807, 2.05) is 55.6 Å². The van der Waals surface area contributed by atoms with Gasteiger partial charge in [0, 0.05) is 22.1 Å². The number of hydrogen-bond acceptors (Lipinski definition) is 3. The first-order chi connectivity index (χ1) is 9.59. The minimum atomic E-state index is -0.199. The number of benzene rings is 1. The summed E-state index contributed by atoms with van der Waals surface area (Å²) in [5.74, 6) is 0. The van der Waals surface area contributed by atoms with Gasteiger partial charge in [0.1, 0.15) is 0 Å². The Morgan fingerprint density at radius 2 is 1.95 bits per heavy atom. The highest BCUT2D eigenvalue weighted by Crippen LogP contribution is 2.26. The second-order valence-corrected chi connectivity index (χ2v) is 5.90. The van der Waals surface area contributed by atoms with Crippen LogP contribution in [0.15, 0.2) is 46.6 Å². The van der Waals surface area contributed by atoms with Gasteiger partial charge in [0.2, 0.25) is 0 Å². The van der Waals surface area contributed by atoms with Crippen LogP contribution in [0.2, 0.25) is 0 Å². The Bertz CT molecular complexity index is 816. The van der Waals surface area contributed by atoms with Gasteiger partial charge in [-0.3, -0.25) is 9.36 Å². The van der Waals surface area contributed by atoms with Gasteiger partial charge in [0.25, 0.3) is 5.56 Å². The van der Waals surface area contributed by atoms with E-state index >= 15 is 0 Å². The molecule has 4 heteroatoms. The Labute approximate surface area is 121 Å². The number of nitrogens with two attached hydrogens (primary N) is 1. The van der Waals surface area contributed by atoms with Gasteiger partial charge in [-0.2, -0.15) is 0 Å². The van der Waals surface area contributed by atoms with E-state index in [9.17, 15) is 4.79 Å². The number of aromatic nitrogens is 1. The molecule has 0 bridgehead atoms. The predicted molar refractivity (Wildman–Crippen MR) is 84.8 cm³/mol. The zero-order valence-corrected chi connectivity index (χ0v) is 12.3. The Kier molecular flexibility index (Phi) is 3.20. The molecule has 0 unspecified atom stereocenters. The summed E-state index contributed by atoms with van der Waals surface area (Å²) in [5, 5.41) is 2.81. The second kappa shape index (κ2) is 4.89. The number of hydrogen-bond donors (Lipinski definition) is 1. The van der Waals surface area contributed by atoms with Crippen molar-refractivity contribution in [2.75, 3.05) is 0 Å². The van der Waals surface area contributed by atoms with E-state index in [2.05, 4.69) is 0 Å². The summed E-state index contributed by atoms with van der Waals surface area (Å²) in [6, 6.07) is 11.5. The maximum Gasteiger partial charge on any atom is 0.264 e. The topological polar surface area (TPSA) is 48.0 Å². The number of rotatable bonds is 2. The molecule has 0 radical (unpaired) electrons. The van der Waals surface area contributed by atoms with Crippen LogP contribution in [-0.4, -0.2) is 4.57 Å². The van der Waals surface area contributed by atoms with Crippen molar-refractivity contribution < 1.29 is 0 Å². The monoisotopic (exact) mass is 284 g/mol. The van der Waals surface area contributed by atoms with Crippen LogP contribution in [0.3, 0.4) is 0 Å². The number of aryl methyl sites for hydroxylation is 1. The zero-order chi connectivity index (χ0) is 14.3. The van der Waals surface area contributed by atoms with Gasteiger partial charge in [-0.1, -0.05) is 18.2 Å². The summed E-state index contributed by atoms with van der Waals surface area (Å²) in [4.78, 5) is 12.9. The Hall–Kier alpha value is -1.91. The Balaban J connectivity index is 2.45. The van der Waals surface area contributed by atoms with Crippen molar-refractivity contribution in [3.63, 3.8) is 0 Å². The molecule has 0 aliphatic rings. The molecule has 0 fully saturated rings. The largest absolute Gasteiger partial charge is 0.323 e. The first-order valence-corrected chi connectivity index (χ1v) is 7.42. The van der Waals surface area contributed by atoms with Crippen LogP contribution in [0.1, 0.15) is 24.2 Å². The summed E-state index contributed by atoms with van der Waals surface area (Å²) in [7, 11) is 0. The molecule has 0 aliphatic carbocycles. The van der Waals surface area contributed by atoms with Crippen LogP contribution >= 0.6 is 11.3 Å². The first-order valence-electron chi connectivity index (χ1n) is 6.54. The molecule has 2 heterocycles. The van der Waals surface area contributed by atoms with Crippen LogP contribution < -0.4 is 11.3 Å². The fourth-order valence-corrected chi connectivity index (χ4v) is 3.43. The van der Waals surface area contributed by atoms with Gasteiger partial charge < -0.3 is 5.73 Å². The van der Waals surface area contributed by atoms with Gasteiger partial charge in [-0.05, 0) is 43.0 Å². The SMILES string of the molecule is Cc1csc2cc([C@H](C)N)n(-c3ccccc3)c(=O)c12. The number of fused-ring (bicyclic) bond motifs is 1. The molecular weight excluding hydrogens is 268 g/mol. The molecule has 0 saturated heterocycles. The van der Waals surface area contributed by atoms with Crippen LogP contribution in [0.4, 0.5) is 0 Å². The molecule has 3 aromatic rings. The first kappa shape index (κ1) is 13.1. The summed E-state index contributed by atoms with van der Waals surface area (Å²) in [6.45, 7) is 3.88. The molecule has 0 aliphatic heterocycles.